The number of thiocarbonyl (C=S) groups is 1. The molecule has 1 heterocycles. The molecule has 0 spiro atoms. The summed E-state index contributed by atoms with van der Waals surface area (Å²) in [6, 6.07) is 5.64. The van der Waals surface area contributed by atoms with Gasteiger partial charge in [0.05, 0.1) is 12.1 Å². The van der Waals surface area contributed by atoms with Crippen LogP contribution in [0.25, 0.3) is 0 Å². The molecule has 1 aliphatic rings. The summed E-state index contributed by atoms with van der Waals surface area (Å²) in [5.74, 6) is 0.797. The molecule has 1 unspecified atom stereocenters. The van der Waals surface area contributed by atoms with Crippen molar-refractivity contribution in [3.63, 3.8) is 0 Å². The van der Waals surface area contributed by atoms with Gasteiger partial charge in [-0.1, -0.05) is 23.8 Å². The number of hydrogen-bond donors (Lipinski definition) is 0. The molecule has 0 aromatic heterocycles. The van der Waals surface area contributed by atoms with Crippen LogP contribution in [0.15, 0.2) is 18.2 Å². The van der Waals surface area contributed by atoms with Gasteiger partial charge in [0.25, 0.3) is 0 Å². The van der Waals surface area contributed by atoms with Crippen LogP contribution in [-0.4, -0.2) is 55.1 Å². The lowest BCUT2D eigenvalue weighted by Gasteiger charge is -2.23. The molecule has 1 aromatic rings. The van der Waals surface area contributed by atoms with Gasteiger partial charge in [-0.05, 0) is 38.7 Å². The fourth-order valence-electron chi connectivity index (χ4n) is 2.13. The second-order valence-electron chi connectivity index (χ2n) is 5.16. The summed E-state index contributed by atoms with van der Waals surface area (Å²) >= 11 is 11.5. The van der Waals surface area contributed by atoms with E-state index in [4.69, 9.17) is 28.6 Å². The van der Waals surface area contributed by atoms with Crippen LogP contribution in [0.4, 0.5) is 0 Å². The van der Waals surface area contributed by atoms with E-state index in [1.807, 2.05) is 25.2 Å². The number of benzene rings is 1. The fraction of sp³-hybridized carbons (Fsp3) is 0.500. The summed E-state index contributed by atoms with van der Waals surface area (Å²) < 4.78 is 6.09. The Morgan fingerprint density at radius 1 is 1.45 bits per heavy atom. The van der Waals surface area contributed by atoms with Crippen LogP contribution in [-0.2, 0) is 0 Å². The molecule has 112 valence electrons. The maximum absolute atomic E-state index is 6.09. The highest BCUT2D eigenvalue weighted by molar-refractivity contribution is 7.80. The van der Waals surface area contributed by atoms with Crippen LogP contribution >= 0.6 is 36.2 Å². The Morgan fingerprint density at radius 2 is 2.15 bits per heavy atom. The molecule has 1 aliphatic heterocycles. The molecule has 0 aliphatic carbocycles. The first-order chi connectivity index (χ1) is 8.97. The van der Waals surface area contributed by atoms with Gasteiger partial charge < -0.3 is 14.5 Å². The van der Waals surface area contributed by atoms with Gasteiger partial charge in [-0.2, -0.15) is 0 Å². The minimum absolute atomic E-state index is 0. The van der Waals surface area contributed by atoms with Crippen molar-refractivity contribution in [1.29, 1.82) is 0 Å². The van der Waals surface area contributed by atoms with Crippen molar-refractivity contribution in [2.45, 2.75) is 12.5 Å². The Hall–Kier alpha value is -0.550. The summed E-state index contributed by atoms with van der Waals surface area (Å²) in [5, 5.41) is 0.678. The van der Waals surface area contributed by atoms with Crippen LogP contribution in [0.5, 0.6) is 5.75 Å². The Bertz CT molecular complexity index is 482. The molecule has 0 saturated carbocycles. The van der Waals surface area contributed by atoms with E-state index in [0.717, 1.165) is 35.8 Å². The molecule has 1 aromatic carbocycles. The molecule has 0 radical (unpaired) electrons. The van der Waals surface area contributed by atoms with Gasteiger partial charge in [0.2, 0.25) is 0 Å². The first-order valence-corrected chi connectivity index (χ1v) is 7.12. The number of fused-ring (bicyclic) bond motifs is 1. The summed E-state index contributed by atoms with van der Waals surface area (Å²) in [5.41, 5.74) is 0.953. The van der Waals surface area contributed by atoms with Gasteiger partial charge in [0, 0.05) is 18.6 Å². The number of halogens is 2. The largest absolute Gasteiger partial charge is 0.488 e. The molecule has 2 rings (SSSR count). The number of likely N-dealkylation sites (N-methyl/N-ethyl adjacent to an activating group) is 1. The normalized spacial score (nSPS) is 18.1. The Balaban J connectivity index is 0.00000200. The number of ether oxygens (including phenoxy) is 1. The minimum atomic E-state index is 0. The molecule has 0 bridgehead atoms. The molecule has 0 amide bonds. The lowest BCUT2D eigenvalue weighted by Crippen LogP contribution is -2.35. The second-order valence-corrected chi connectivity index (χ2v) is 5.98. The molecule has 6 heteroatoms. The van der Waals surface area contributed by atoms with Crippen LogP contribution in [0, 0.1) is 0 Å². The summed E-state index contributed by atoms with van der Waals surface area (Å²) in [6.07, 6.45) is 1.09. The molecular weight excluding hydrogens is 315 g/mol. The standard InChI is InChI=1S/C14H19ClN2OS.ClH/c1-16(2)7-6-11-9-17(3)14(19)12-5-4-10(15)8-13(12)18-11;/h4-5,8,11H,6-7,9H2,1-3H3;1H. The van der Waals surface area contributed by atoms with Crippen molar-refractivity contribution in [1.82, 2.24) is 9.80 Å². The molecule has 20 heavy (non-hydrogen) atoms. The van der Waals surface area contributed by atoms with E-state index in [1.54, 1.807) is 0 Å². The third kappa shape index (κ3) is 4.22. The van der Waals surface area contributed by atoms with E-state index in [-0.39, 0.29) is 18.5 Å². The predicted octanol–water partition coefficient (Wildman–Crippen LogP) is 3.08. The zero-order valence-electron chi connectivity index (χ0n) is 11.9. The lowest BCUT2D eigenvalue weighted by atomic mass is 10.2. The molecule has 1 atom stereocenters. The predicted molar refractivity (Wildman–Crippen MR) is 90.6 cm³/mol. The van der Waals surface area contributed by atoms with Gasteiger partial charge in [-0.15, -0.1) is 12.4 Å². The third-order valence-corrected chi connectivity index (χ3v) is 3.96. The highest BCUT2D eigenvalue weighted by Gasteiger charge is 2.24. The first kappa shape index (κ1) is 17.5. The van der Waals surface area contributed by atoms with Gasteiger partial charge >= 0.3 is 0 Å². The van der Waals surface area contributed by atoms with Crippen molar-refractivity contribution in [2.75, 3.05) is 34.2 Å². The summed E-state index contributed by atoms with van der Waals surface area (Å²) in [7, 11) is 6.14. The SMILES string of the molecule is CN(C)CCC1CN(C)C(=S)c2ccc(Cl)cc2O1.Cl. The molecule has 0 fully saturated rings. The van der Waals surface area contributed by atoms with Gasteiger partial charge in [0.1, 0.15) is 16.8 Å². The number of nitrogens with zero attached hydrogens (tertiary/aromatic N) is 2. The van der Waals surface area contributed by atoms with Crippen LogP contribution in [0.2, 0.25) is 5.02 Å². The molecule has 0 saturated heterocycles. The molecular formula is C14H20Cl2N2OS. The smallest absolute Gasteiger partial charge is 0.131 e. The van der Waals surface area contributed by atoms with Crippen LogP contribution < -0.4 is 4.74 Å². The minimum Gasteiger partial charge on any atom is -0.488 e. The van der Waals surface area contributed by atoms with Crippen LogP contribution in [0.1, 0.15) is 12.0 Å². The van der Waals surface area contributed by atoms with Gasteiger partial charge in [-0.25, -0.2) is 0 Å². The van der Waals surface area contributed by atoms with E-state index in [1.165, 1.54) is 0 Å². The van der Waals surface area contributed by atoms with Crippen molar-refractivity contribution in [3.8, 4) is 5.75 Å². The zero-order chi connectivity index (χ0) is 14.0. The lowest BCUT2D eigenvalue weighted by molar-refractivity contribution is 0.160. The number of hydrogen-bond acceptors (Lipinski definition) is 3. The Kier molecular flexibility index (Phi) is 6.52. The maximum Gasteiger partial charge on any atom is 0.131 e. The van der Waals surface area contributed by atoms with Crippen molar-refractivity contribution in [2.24, 2.45) is 0 Å². The van der Waals surface area contributed by atoms with Crippen LogP contribution in [0.3, 0.4) is 0 Å². The highest BCUT2D eigenvalue weighted by Crippen LogP contribution is 2.29. The van der Waals surface area contributed by atoms with Gasteiger partial charge in [0.15, 0.2) is 0 Å². The highest BCUT2D eigenvalue weighted by atomic mass is 35.5. The third-order valence-electron chi connectivity index (χ3n) is 3.19. The van der Waals surface area contributed by atoms with Crippen molar-refractivity contribution >= 4 is 41.2 Å². The zero-order valence-corrected chi connectivity index (χ0v) is 14.3. The first-order valence-electron chi connectivity index (χ1n) is 6.34. The monoisotopic (exact) mass is 334 g/mol. The van der Waals surface area contributed by atoms with E-state index < -0.39 is 0 Å². The summed E-state index contributed by atoms with van der Waals surface area (Å²) in [6.45, 7) is 1.79. The fourth-order valence-corrected chi connectivity index (χ4v) is 2.54. The molecule has 3 nitrogen and oxygen atoms in total. The summed E-state index contributed by atoms with van der Waals surface area (Å²) in [4.78, 5) is 5.06. The van der Waals surface area contributed by atoms with E-state index in [9.17, 15) is 0 Å². The average Bonchev–Trinajstić information content (AvgIpc) is 2.45. The maximum atomic E-state index is 6.09. The van der Waals surface area contributed by atoms with E-state index >= 15 is 0 Å². The average molecular weight is 335 g/mol. The number of rotatable bonds is 3. The molecule has 0 N–H and O–H groups in total. The topological polar surface area (TPSA) is 15.7 Å². The Labute approximate surface area is 137 Å². The van der Waals surface area contributed by atoms with Crippen molar-refractivity contribution in [3.05, 3.63) is 28.8 Å². The van der Waals surface area contributed by atoms with E-state index in [0.29, 0.717) is 5.02 Å². The second kappa shape index (κ2) is 7.46. The Morgan fingerprint density at radius 3 is 2.80 bits per heavy atom. The quantitative estimate of drug-likeness (QED) is 0.789. The van der Waals surface area contributed by atoms with E-state index in [2.05, 4.69) is 23.9 Å². The van der Waals surface area contributed by atoms with Gasteiger partial charge in [-0.3, -0.25) is 0 Å². The van der Waals surface area contributed by atoms with Crippen molar-refractivity contribution < 1.29 is 4.74 Å².